The standard InChI is InChI=1S/C22H23N7O4S/c1-15-17(13-23)3-5-19(26-15)21(30)25-7-12-34(32,33)29-10-8-28(9-11-29)22(31)20-6-4-18(14-24)16(2)27-20/h3-6H,7-12H2,1-2H3,(H,25,30). The molecule has 0 unspecified atom stereocenters. The first-order valence-electron chi connectivity index (χ1n) is 10.5. The zero-order valence-corrected chi connectivity index (χ0v) is 19.6. The molecule has 2 aromatic rings. The number of aryl methyl sites for hydroxylation is 2. The van der Waals surface area contributed by atoms with Gasteiger partial charge in [-0.2, -0.15) is 14.8 Å². The van der Waals surface area contributed by atoms with Crippen molar-refractivity contribution in [3.05, 3.63) is 58.2 Å². The minimum atomic E-state index is -3.64. The Labute approximate surface area is 197 Å². The molecule has 1 aliphatic heterocycles. The van der Waals surface area contributed by atoms with Gasteiger partial charge in [0.1, 0.15) is 23.5 Å². The molecule has 3 rings (SSSR count). The number of aromatic nitrogens is 2. The van der Waals surface area contributed by atoms with E-state index in [0.717, 1.165) is 0 Å². The summed E-state index contributed by atoms with van der Waals surface area (Å²) in [5.74, 6) is -1.14. The third-order valence-electron chi connectivity index (χ3n) is 5.43. The summed E-state index contributed by atoms with van der Waals surface area (Å²) in [5.41, 5.74) is 1.95. The zero-order valence-electron chi connectivity index (χ0n) is 18.8. The minimum Gasteiger partial charge on any atom is -0.350 e. The van der Waals surface area contributed by atoms with Gasteiger partial charge >= 0.3 is 0 Å². The fraction of sp³-hybridized carbons (Fsp3) is 0.364. The van der Waals surface area contributed by atoms with Gasteiger partial charge in [-0.15, -0.1) is 0 Å². The fourth-order valence-electron chi connectivity index (χ4n) is 3.45. The summed E-state index contributed by atoms with van der Waals surface area (Å²) in [6, 6.07) is 9.90. The molecule has 1 fully saturated rings. The molecular formula is C22H23N7O4S. The van der Waals surface area contributed by atoms with Crippen LogP contribution in [0.5, 0.6) is 0 Å². The van der Waals surface area contributed by atoms with Gasteiger partial charge in [0.2, 0.25) is 10.0 Å². The van der Waals surface area contributed by atoms with E-state index < -0.39 is 15.9 Å². The second-order valence-electron chi connectivity index (χ2n) is 7.65. The van der Waals surface area contributed by atoms with Crippen molar-refractivity contribution < 1.29 is 18.0 Å². The number of hydrogen-bond donors (Lipinski definition) is 1. The molecule has 3 heterocycles. The number of nitrogens with zero attached hydrogens (tertiary/aromatic N) is 6. The van der Waals surface area contributed by atoms with E-state index in [4.69, 9.17) is 10.5 Å². The highest BCUT2D eigenvalue weighted by Crippen LogP contribution is 2.13. The van der Waals surface area contributed by atoms with E-state index in [-0.39, 0.29) is 55.8 Å². The van der Waals surface area contributed by atoms with Crippen LogP contribution in [0.4, 0.5) is 0 Å². The maximum atomic E-state index is 12.7. The average Bonchev–Trinajstić information content (AvgIpc) is 2.83. The molecule has 1 saturated heterocycles. The molecule has 12 heteroatoms. The van der Waals surface area contributed by atoms with Gasteiger partial charge in [0, 0.05) is 32.7 Å². The molecule has 1 aliphatic rings. The Balaban J connectivity index is 1.51. The largest absolute Gasteiger partial charge is 0.350 e. The van der Waals surface area contributed by atoms with E-state index in [9.17, 15) is 18.0 Å². The summed E-state index contributed by atoms with van der Waals surface area (Å²) in [6.07, 6.45) is 0. The SMILES string of the molecule is Cc1nc(C(=O)NCCS(=O)(=O)N2CCN(C(=O)c3ccc(C#N)c(C)n3)CC2)ccc1C#N. The first kappa shape index (κ1) is 24.8. The lowest BCUT2D eigenvalue weighted by atomic mass is 10.2. The van der Waals surface area contributed by atoms with E-state index >= 15 is 0 Å². The Morgan fingerprint density at radius 3 is 2.00 bits per heavy atom. The predicted octanol–water partition coefficient (Wildman–Crippen LogP) is 0.354. The van der Waals surface area contributed by atoms with Gasteiger partial charge in [-0.05, 0) is 38.1 Å². The van der Waals surface area contributed by atoms with Crippen LogP contribution in [0.25, 0.3) is 0 Å². The number of rotatable bonds is 6. The maximum absolute atomic E-state index is 12.7. The average molecular weight is 482 g/mol. The summed E-state index contributed by atoms with van der Waals surface area (Å²) in [4.78, 5) is 34.7. The second kappa shape index (κ2) is 10.4. The topological polar surface area (TPSA) is 160 Å². The number of nitrogens with one attached hydrogen (secondary N) is 1. The molecule has 0 saturated carbocycles. The van der Waals surface area contributed by atoms with E-state index in [1.165, 1.54) is 27.4 Å². The number of sulfonamides is 1. The van der Waals surface area contributed by atoms with Crippen LogP contribution in [-0.2, 0) is 10.0 Å². The van der Waals surface area contributed by atoms with Gasteiger partial charge in [-0.3, -0.25) is 9.59 Å². The monoisotopic (exact) mass is 481 g/mol. The van der Waals surface area contributed by atoms with Crippen molar-refractivity contribution in [1.29, 1.82) is 10.5 Å². The highest BCUT2D eigenvalue weighted by Gasteiger charge is 2.29. The Kier molecular flexibility index (Phi) is 7.56. The molecule has 11 nitrogen and oxygen atoms in total. The van der Waals surface area contributed by atoms with Gasteiger partial charge < -0.3 is 10.2 Å². The molecule has 0 radical (unpaired) electrons. The summed E-state index contributed by atoms with van der Waals surface area (Å²) < 4.78 is 26.7. The lowest BCUT2D eigenvalue weighted by molar-refractivity contribution is 0.0691. The number of amides is 2. The molecule has 0 aliphatic carbocycles. The quantitative estimate of drug-likeness (QED) is 0.618. The molecule has 2 aromatic heterocycles. The van der Waals surface area contributed by atoms with Gasteiger partial charge in [-0.1, -0.05) is 0 Å². The number of nitriles is 2. The fourth-order valence-corrected chi connectivity index (χ4v) is 4.79. The van der Waals surface area contributed by atoms with Crippen LogP contribution in [0.3, 0.4) is 0 Å². The Morgan fingerprint density at radius 1 is 0.941 bits per heavy atom. The number of hydrogen-bond acceptors (Lipinski definition) is 8. The maximum Gasteiger partial charge on any atom is 0.272 e. The third-order valence-corrected chi connectivity index (χ3v) is 7.30. The highest BCUT2D eigenvalue weighted by atomic mass is 32.2. The van der Waals surface area contributed by atoms with Crippen molar-refractivity contribution in [3.8, 4) is 12.1 Å². The number of pyridine rings is 2. The molecule has 0 atom stereocenters. The Morgan fingerprint density at radius 2 is 1.47 bits per heavy atom. The molecule has 0 spiro atoms. The van der Waals surface area contributed by atoms with Gasteiger partial charge in [-0.25, -0.2) is 18.4 Å². The van der Waals surface area contributed by atoms with Crippen molar-refractivity contribution in [3.63, 3.8) is 0 Å². The number of carbonyl (C=O) groups is 2. The van der Waals surface area contributed by atoms with Gasteiger partial charge in [0.05, 0.1) is 28.3 Å². The van der Waals surface area contributed by atoms with E-state index in [1.807, 2.05) is 12.1 Å². The Bertz CT molecular complexity index is 1300. The first-order valence-corrected chi connectivity index (χ1v) is 12.1. The van der Waals surface area contributed by atoms with Crippen LogP contribution >= 0.6 is 0 Å². The van der Waals surface area contributed by atoms with Crippen molar-refractivity contribution >= 4 is 21.8 Å². The summed E-state index contributed by atoms with van der Waals surface area (Å²) in [6.45, 7) is 3.84. The van der Waals surface area contributed by atoms with Crippen molar-refractivity contribution in [2.45, 2.75) is 13.8 Å². The van der Waals surface area contributed by atoms with Crippen LogP contribution in [-0.4, -0.2) is 77.9 Å². The van der Waals surface area contributed by atoms with Crippen molar-refractivity contribution in [2.24, 2.45) is 0 Å². The second-order valence-corrected chi connectivity index (χ2v) is 9.73. The van der Waals surface area contributed by atoms with Crippen LogP contribution in [0.15, 0.2) is 24.3 Å². The Hall–Kier alpha value is -3.87. The van der Waals surface area contributed by atoms with Crippen LogP contribution in [0, 0.1) is 36.5 Å². The van der Waals surface area contributed by atoms with Crippen molar-refractivity contribution in [1.82, 2.24) is 24.5 Å². The number of carbonyl (C=O) groups excluding carboxylic acids is 2. The smallest absolute Gasteiger partial charge is 0.272 e. The van der Waals surface area contributed by atoms with Crippen molar-refractivity contribution in [2.75, 3.05) is 38.5 Å². The first-order chi connectivity index (χ1) is 16.2. The molecule has 34 heavy (non-hydrogen) atoms. The third kappa shape index (κ3) is 5.54. The summed E-state index contributed by atoms with van der Waals surface area (Å²) in [5, 5.41) is 20.5. The lowest BCUT2D eigenvalue weighted by Gasteiger charge is -2.33. The van der Waals surface area contributed by atoms with Gasteiger partial charge in [0.25, 0.3) is 11.8 Å². The van der Waals surface area contributed by atoms with Crippen LogP contribution in [0.2, 0.25) is 0 Å². The van der Waals surface area contributed by atoms with Gasteiger partial charge in [0.15, 0.2) is 0 Å². The minimum absolute atomic E-state index is 0.102. The molecule has 0 aromatic carbocycles. The van der Waals surface area contributed by atoms with E-state index in [1.54, 1.807) is 19.9 Å². The molecule has 1 N–H and O–H groups in total. The molecule has 0 bridgehead atoms. The predicted molar refractivity (Wildman–Crippen MR) is 121 cm³/mol. The molecule has 2 amide bonds. The molecular weight excluding hydrogens is 458 g/mol. The summed E-state index contributed by atoms with van der Waals surface area (Å²) in [7, 11) is -3.64. The zero-order chi connectivity index (χ0) is 24.9. The number of piperazine rings is 1. The lowest BCUT2D eigenvalue weighted by Crippen LogP contribution is -2.51. The highest BCUT2D eigenvalue weighted by molar-refractivity contribution is 7.89. The summed E-state index contributed by atoms with van der Waals surface area (Å²) >= 11 is 0. The van der Waals surface area contributed by atoms with Crippen LogP contribution in [0.1, 0.15) is 43.5 Å². The normalized spacial score (nSPS) is 14.2. The van der Waals surface area contributed by atoms with E-state index in [0.29, 0.717) is 22.5 Å². The van der Waals surface area contributed by atoms with E-state index in [2.05, 4.69) is 15.3 Å². The molecule has 176 valence electrons. The van der Waals surface area contributed by atoms with Crippen LogP contribution < -0.4 is 5.32 Å².